The Bertz CT molecular complexity index is 1690. The van der Waals surface area contributed by atoms with Gasteiger partial charge in [-0.25, -0.2) is 4.79 Å². The molecule has 18 nitrogen and oxygen atoms in total. The molecule has 0 radical (unpaired) electrons. The van der Waals surface area contributed by atoms with Gasteiger partial charge in [0.2, 0.25) is 12.2 Å². The van der Waals surface area contributed by atoms with E-state index in [9.17, 15) is 33.6 Å². The molecule has 2 aromatic carbocycles. The molecule has 1 amide bonds. The van der Waals surface area contributed by atoms with E-state index in [0.29, 0.717) is 11.1 Å². The Morgan fingerprint density at radius 3 is 1.83 bits per heavy atom. The van der Waals surface area contributed by atoms with Gasteiger partial charge in [-0.15, -0.1) is 0 Å². The summed E-state index contributed by atoms with van der Waals surface area (Å²) in [5.74, 6) is -5.78. The van der Waals surface area contributed by atoms with E-state index in [1.807, 2.05) is 18.2 Å². The molecule has 1 N–H and O–H groups in total. The quantitative estimate of drug-likeness (QED) is 0.236. The number of methoxy groups -OCH3 is 1. The fraction of sp³-hybridized carbons (Fsp3) is 0.514. The first kappa shape index (κ1) is 40.4. The van der Waals surface area contributed by atoms with Crippen molar-refractivity contribution < 1.29 is 80.9 Å². The summed E-state index contributed by atoms with van der Waals surface area (Å²) in [4.78, 5) is 87.4. The number of nitrogens with one attached hydrogen (secondary N) is 1. The molecular weight excluding hydrogens is 706 g/mol. The zero-order valence-electron chi connectivity index (χ0n) is 30.0. The Labute approximate surface area is 303 Å². The molecule has 0 unspecified atom stereocenters. The van der Waals surface area contributed by atoms with Gasteiger partial charge in [-0.1, -0.05) is 36.4 Å². The number of hydrogen-bond donors (Lipinski definition) is 1. The van der Waals surface area contributed by atoms with Crippen molar-refractivity contribution in [2.24, 2.45) is 0 Å². The predicted molar refractivity (Wildman–Crippen MR) is 175 cm³/mol. The second kappa shape index (κ2) is 17.9. The number of carbonyl (C=O) groups is 7. The van der Waals surface area contributed by atoms with E-state index in [1.54, 1.807) is 24.3 Å². The fourth-order valence-corrected chi connectivity index (χ4v) is 5.99. The maximum atomic E-state index is 13.1. The third-order valence-corrected chi connectivity index (χ3v) is 7.89. The summed E-state index contributed by atoms with van der Waals surface area (Å²) in [7, 11) is 1.02. The molecule has 0 saturated carbocycles. The van der Waals surface area contributed by atoms with Crippen LogP contribution in [0.4, 0.5) is 0 Å². The largest absolute Gasteiger partial charge is 0.467 e. The minimum absolute atomic E-state index is 0.302. The van der Waals surface area contributed by atoms with Crippen LogP contribution in [0.3, 0.4) is 0 Å². The average molecular weight is 748 g/mol. The molecule has 2 aromatic rings. The van der Waals surface area contributed by atoms with E-state index < -0.39 is 110 Å². The zero-order valence-corrected chi connectivity index (χ0v) is 30.0. The van der Waals surface area contributed by atoms with Crippen LogP contribution >= 0.6 is 0 Å². The van der Waals surface area contributed by atoms with E-state index in [4.69, 9.17) is 47.4 Å². The van der Waals surface area contributed by atoms with Crippen molar-refractivity contribution in [3.8, 4) is 5.75 Å². The molecule has 4 rings (SSSR count). The van der Waals surface area contributed by atoms with E-state index in [0.717, 1.165) is 47.1 Å². The van der Waals surface area contributed by atoms with E-state index in [2.05, 4.69) is 5.32 Å². The van der Waals surface area contributed by atoms with Crippen LogP contribution in [0.1, 0.15) is 41.5 Å². The maximum Gasteiger partial charge on any atom is 0.339 e. The highest BCUT2D eigenvalue weighted by Gasteiger charge is 2.58. The van der Waals surface area contributed by atoms with Crippen molar-refractivity contribution in [1.82, 2.24) is 5.32 Å². The Kier molecular flexibility index (Phi) is 13.7. The van der Waals surface area contributed by atoms with Crippen molar-refractivity contribution in [2.45, 2.75) is 103 Å². The van der Waals surface area contributed by atoms with Gasteiger partial charge in [-0.05, 0) is 11.5 Å². The minimum atomic E-state index is -1.90. The Morgan fingerprint density at radius 1 is 0.642 bits per heavy atom. The summed E-state index contributed by atoms with van der Waals surface area (Å²) >= 11 is 0. The van der Waals surface area contributed by atoms with Crippen LogP contribution in [0.25, 0.3) is 10.8 Å². The lowest BCUT2D eigenvalue weighted by atomic mass is 9.94. The summed E-state index contributed by atoms with van der Waals surface area (Å²) in [5, 5.41) is 4.14. The van der Waals surface area contributed by atoms with Crippen LogP contribution in [-0.2, 0) is 76.2 Å². The van der Waals surface area contributed by atoms with E-state index in [-0.39, 0.29) is 0 Å². The monoisotopic (exact) mass is 747 g/mol. The molecule has 0 bridgehead atoms. The zero-order chi connectivity index (χ0) is 39.0. The Balaban J connectivity index is 1.89. The first-order chi connectivity index (χ1) is 25.1. The SMILES string of the molecule is COC(=O)[C@H]1O[C@@H](O[C@@H]2[C@@H](NC(C)=O)[C@@H](Oc3cccc4ccccc34)O[C@H](COC(C)=O)[C@@H]2OC(C)=O)[C@H](OC(C)=O)[C@@H](OC(C)=O)[C@@H]1OC(C)=O. The van der Waals surface area contributed by atoms with Crippen molar-refractivity contribution in [2.75, 3.05) is 13.7 Å². The number of ether oxygens (including phenoxy) is 10. The second-order valence-corrected chi connectivity index (χ2v) is 12.0. The summed E-state index contributed by atoms with van der Waals surface area (Å²) in [6.45, 7) is 5.96. The average Bonchev–Trinajstić information content (AvgIpc) is 3.07. The van der Waals surface area contributed by atoms with Crippen LogP contribution in [0.15, 0.2) is 42.5 Å². The first-order valence-corrected chi connectivity index (χ1v) is 16.4. The highest BCUT2D eigenvalue weighted by Crippen LogP contribution is 2.36. The topological polar surface area (TPSA) is 224 Å². The number of rotatable bonds is 12. The highest BCUT2D eigenvalue weighted by molar-refractivity contribution is 5.88. The molecule has 2 fully saturated rings. The molecule has 10 atom stereocenters. The minimum Gasteiger partial charge on any atom is -0.467 e. The molecule has 0 aliphatic carbocycles. The van der Waals surface area contributed by atoms with E-state index in [1.165, 1.54) is 6.92 Å². The third-order valence-electron chi connectivity index (χ3n) is 7.89. The van der Waals surface area contributed by atoms with Gasteiger partial charge in [-0.3, -0.25) is 28.8 Å². The molecule has 2 aliphatic heterocycles. The van der Waals surface area contributed by atoms with Gasteiger partial charge in [0.15, 0.2) is 36.8 Å². The normalized spacial score (nSPS) is 28.1. The van der Waals surface area contributed by atoms with Crippen LogP contribution in [0, 0.1) is 0 Å². The number of fused-ring (bicyclic) bond motifs is 1. The van der Waals surface area contributed by atoms with Crippen LogP contribution in [0.2, 0.25) is 0 Å². The first-order valence-electron chi connectivity index (χ1n) is 16.4. The van der Waals surface area contributed by atoms with Gasteiger partial charge in [0.25, 0.3) is 0 Å². The van der Waals surface area contributed by atoms with Crippen molar-refractivity contribution in [1.29, 1.82) is 0 Å². The highest BCUT2D eigenvalue weighted by atomic mass is 16.8. The molecule has 53 heavy (non-hydrogen) atoms. The Morgan fingerprint density at radius 2 is 1.23 bits per heavy atom. The molecule has 2 aliphatic rings. The smallest absolute Gasteiger partial charge is 0.339 e. The molecule has 0 spiro atoms. The Hall–Kier alpha value is -5.33. The van der Waals surface area contributed by atoms with Crippen molar-refractivity contribution >= 4 is 52.5 Å². The van der Waals surface area contributed by atoms with Gasteiger partial charge in [0, 0.05) is 46.9 Å². The number of hydrogen-bond acceptors (Lipinski definition) is 17. The van der Waals surface area contributed by atoms with Gasteiger partial charge < -0.3 is 52.7 Å². The lowest BCUT2D eigenvalue weighted by molar-refractivity contribution is -0.337. The van der Waals surface area contributed by atoms with Crippen LogP contribution < -0.4 is 10.1 Å². The standard InChI is InChI=1S/C35H41NO17/c1-16(37)36-26-28(52-35-32(49-21(6)42)30(48-20(5)41)29(47-19(4)40)31(53-35)33(43)44-7)27(46-18(3)39)25(15-45-17(2)38)51-34(26)50-24-14-10-12-22-11-8-9-13-23(22)24/h8-14,25-32,34-35H,15H2,1-7H3,(H,36,37)/t25-,26-,27+,28-,29+,30+,31+,32-,34+,35-/m1/s1. The second-order valence-electron chi connectivity index (χ2n) is 12.0. The van der Waals surface area contributed by atoms with Gasteiger partial charge in [0.1, 0.15) is 30.6 Å². The molecule has 0 aromatic heterocycles. The number of carbonyl (C=O) groups excluding carboxylic acids is 7. The lowest BCUT2D eigenvalue weighted by Gasteiger charge is -2.48. The molecular formula is C35H41NO17. The van der Waals surface area contributed by atoms with Crippen LogP contribution in [0.5, 0.6) is 5.75 Å². The number of benzene rings is 2. The maximum absolute atomic E-state index is 13.1. The van der Waals surface area contributed by atoms with Gasteiger partial charge in [-0.2, -0.15) is 0 Å². The van der Waals surface area contributed by atoms with Crippen LogP contribution in [-0.4, -0.2) is 117 Å². The van der Waals surface area contributed by atoms with E-state index >= 15 is 0 Å². The summed E-state index contributed by atoms with van der Waals surface area (Å²) in [6.07, 6.45) is -14.8. The third kappa shape index (κ3) is 10.4. The number of esters is 6. The van der Waals surface area contributed by atoms with Crippen molar-refractivity contribution in [3.63, 3.8) is 0 Å². The van der Waals surface area contributed by atoms with Gasteiger partial charge >= 0.3 is 35.8 Å². The number of amides is 1. The summed E-state index contributed by atoms with van der Waals surface area (Å²) < 4.78 is 57.0. The summed E-state index contributed by atoms with van der Waals surface area (Å²) in [5.41, 5.74) is 0. The molecule has 2 heterocycles. The summed E-state index contributed by atoms with van der Waals surface area (Å²) in [6, 6.07) is 11.1. The molecule has 18 heteroatoms. The van der Waals surface area contributed by atoms with Gasteiger partial charge in [0.05, 0.1) is 7.11 Å². The molecule has 288 valence electrons. The van der Waals surface area contributed by atoms with Crippen molar-refractivity contribution in [3.05, 3.63) is 42.5 Å². The molecule has 2 saturated heterocycles. The fourth-order valence-electron chi connectivity index (χ4n) is 5.99. The lowest BCUT2D eigenvalue weighted by Crippen LogP contribution is -2.70. The predicted octanol–water partition coefficient (Wildman–Crippen LogP) is 1.02.